The zero-order valence-corrected chi connectivity index (χ0v) is 8.06. The summed E-state index contributed by atoms with van der Waals surface area (Å²) >= 11 is 0. The Bertz CT molecular complexity index is 17.8. The molecule has 0 aliphatic carbocycles. The van der Waals surface area contributed by atoms with E-state index in [4.69, 9.17) is 0 Å². The van der Waals surface area contributed by atoms with Crippen LogP contribution in [0.1, 0.15) is 0 Å². The predicted octanol–water partition coefficient (Wildman–Crippen LogP) is -4.03. The third-order valence-corrected chi connectivity index (χ3v) is 0. The topological polar surface area (TPSA) is 85.5 Å². The molecule has 0 radical (unpaired) electrons. The first kappa shape index (κ1) is 67.2. The van der Waals surface area contributed by atoms with E-state index in [1.165, 1.54) is 0 Å². The van der Waals surface area contributed by atoms with Crippen molar-refractivity contribution >= 4 is 189 Å². The fourth-order valence-corrected chi connectivity index (χ4v) is 0. The molecule has 0 amide bonds. The van der Waals surface area contributed by atoms with E-state index >= 15 is 0 Å². The van der Waals surface area contributed by atoms with Crippen LogP contribution in [-0.2, 0) is 81.8 Å². The van der Waals surface area contributed by atoms with E-state index in [0.29, 0.717) is 0 Å². The van der Waals surface area contributed by atoms with Gasteiger partial charge >= 0.3 is 254 Å². The van der Waals surface area contributed by atoms with Crippen molar-refractivity contribution in [2.24, 2.45) is 0 Å². The second-order valence-electron chi connectivity index (χ2n) is 0. The predicted molar refractivity (Wildman–Crippen MR) is 36.2 cm³/mol. The SMILES string of the molecule is [BaH2].[BaH2].[O-2].[O-2].[O-2].[SrH2].[SrH2].[Y+3].[Y+3]. The first-order valence-corrected chi connectivity index (χ1v) is 0. The quantitative estimate of drug-likeness (QED) is 0.233. The first-order chi connectivity index (χ1) is 0. The molecule has 0 saturated heterocycles. The summed E-state index contributed by atoms with van der Waals surface area (Å²) in [6.45, 7) is 0. The zero-order chi connectivity index (χ0) is 0. The molecule has 0 atom stereocenters. The largest absolute Gasteiger partial charge is 3.00 e. The number of hydrogen-bond donors (Lipinski definition) is 0. The molecule has 3 nitrogen and oxygen atoms in total. The minimum atomic E-state index is 0. The summed E-state index contributed by atoms with van der Waals surface area (Å²) in [7, 11) is 0. The van der Waals surface area contributed by atoms with Gasteiger partial charge in [-0.25, -0.2) is 0 Å². The maximum absolute atomic E-state index is 0. The standard InChI is InChI=1S/2Ba.3O.2Sr.2Y.8H/q;;3*-2;;;2*+3;;;;;;;;. The van der Waals surface area contributed by atoms with E-state index in [0.717, 1.165) is 0 Å². The molecular formula is H8Ba2O3Sr2Y2. The van der Waals surface area contributed by atoms with Crippen molar-refractivity contribution < 1.29 is 81.8 Å². The van der Waals surface area contributed by atoms with Crippen molar-refractivity contribution in [3.05, 3.63) is 0 Å². The van der Waals surface area contributed by atoms with E-state index in [1.807, 2.05) is 0 Å². The summed E-state index contributed by atoms with van der Waals surface area (Å²) in [5.41, 5.74) is 0. The van der Waals surface area contributed by atoms with Gasteiger partial charge in [-0.15, -0.1) is 0 Å². The van der Waals surface area contributed by atoms with Crippen LogP contribution in [-0.4, -0.2) is 189 Å². The van der Waals surface area contributed by atoms with Crippen molar-refractivity contribution in [3.8, 4) is 0 Å². The van der Waals surface area contributed by atoms with Gasteiger partial charge in [0.2, 0.25) is 0 Å². The fraction of sp³-hybridized carbons (Fsp3) is 0. The summed E-state index contributed by atoms with van der Waals surface area (Å²) in [6, 6.07) is 0. The molecule has 0 saturated carbocycles. The molecule has 0 fully saturated rings. The van der Waals surface area contributed by atoms with Gasteiger partial charge in [0.15, 0.2) is 0 Å². The van der Waals surface area contributed by atoms with Gasteiger partial charge < -0.3 is 16.4 Å². The molecule has 0 N–H and O–H groups in total. The summed E-state index contributed by atoms with van der Waals surface area (Å²) < 4.78 is 0. The smallest absolute Gasteiger partial charge is 3.00 e. The van der Waals surface area contributed by atoms with Crippen LogP contribution in [0, 0.1) is 0 Å². The Kier molecular flexibility index (Phi) is 416. The Hall–Kier alpha value is 8.19. The van der Waals surface area contributed by atoms with Crippen molar-refractivity contribution in [1.82, 2.24) is 0 Å². The summed E-state index contributed by atoms with van der Waals surface area (Å²) in [4.78, 5) is 0. The van der Waals surface area contributed by atoms with Crippen LogP contribution in [0.25, 0.3) is 0 Å². The second kappa shape index (κ2) is 55.7. The average Bonchev–Trinajstić information content (AvgIpc) is 0. The summed E-state index contributed by atoms with van der Waals surface area (Å²) in [5, 5.41) is 0. The molecular weight excluding hydrogens is 676 g/mol. The molecule has 0 spiro atoms. The Balaban J connectivity index is 0. The molecule has 0 aromatic carbocycles. The van der Waals surface area contributed by atoms with Gasteiger partial charge in [-0.3, -0.25) is 0 Å². The van der Waals surface area contributed by atoms with Crippen molar-refractivity contribution in [2.45, 2.75) is 0 Å². The second-order valence-corrected chi connectivity index (χ2v) is 0. The van der Waals surface area contributed by atoms with E-state index in [1.54, 1.807) is 0 Å². The van der Waals surface area contributed by atoms with Crippen molar-refractivity contribution in [3.63, 3.8) is 0 Å². The molecule has 0 aliphatic rings. The van der Waals surface area contributed by atoms with Crippen LogP contribution in [0.2, 0.25) is 0 Å². The fourth-order valence-electron chi connectivity index (χ4n) is 0. The number of rotatable bonds is 0. The normalized spacial score (nSPS) is 0. The van der Waals surface area contributed by atoms with Gasteiger partial charge in [0.1, 0.15) is 0 Å². The van der Waals surface area contributed by atoms with Gasteiger partial charge in [-0.2, -0.15) is 0 Å². The molecule has 0 rings (SSSR count). The minimum Gasteiger partial charge on any atom is 3.00 e. The van der Waals surface area contributed by atoms with E-state index in [2.05, 4.69) is 0 Å². The average molecular weight is 684 g/mol. The van der Waals surface area contributed by atoms with Crippen molar-refractivity contribution in [2.75, 3.05) is 0 Å². The monoisotopic (exact) mass is 685 g/mol. The third kappa shape index (κ3) is 48.6. The zero-order valence-electron chi connectivity index (χ0n) is 2.38. The van der Waals surface area contributed by atoms with Gasteiger partial charge in [-0.1, -0.05) is 0 Å². The van der Waals surface area contributed by atoms with Gasteiger partial charge in [0.05, 0.1) is 0 Å². The Morgan fingerprint density at radius 2 is 0.444 bits per heavy atom. The molecule has 0 aromatic heterocycles. The maximum Gasteiger partial charge on any atom is 3.00 e. The van der Waals surface area contributed by atoms with Crippen LogP contribution in [0.5, 0.6) is 0 Å². The first-order valence-electron chi connectivity index (χ1n) is 0. The van der Waals surface area contributed by atoms with E-state index < -0.39 is 0 Å². The van der Waals surface area contributed by atoms with Gasteiger partial charge in [0, 0.05) is 0 Å². The van der Waals surface area contributed by atoms with Crippen LogP contribution < -0.4 is 0 Å². The van der Waals surface area contributed by atoms with Crippen molar-refractivity contribution in [1.29, 1.82) is 0 Å². The molecule has 0 unspecified atom stereocenters. The molecule has 0 aliphatic heterocycles. The Morgan fingerprint density at radius 3 is 0.444 bits per heavy atom. The Labute approximate surface area is 261 Å². The molecule has 9 heteroatoms. The van der Waals surface area contributed by atoms with Crippen LogP contribution >= 0.6 is 0 Å². The molecule has 9 heavy (non-hydrogen) atoms. The Morgan fingerprint density at radius 1 is 0.444 bits per heavy atom. The molecule has 0 heterocycles. The maximum atomic E-state index is 0. The van der Waals surface area contributed by atoms with Crippen LogP contribution in [0.15, 0.2) is 0 Å². The molecule has 0 aromatic rings. The molecule has 0 bridgehead atoms. The number of hydrogen-bond acceptors (Lipinski definition) is 0. The summed E-state index contributed by atoms with van der Waals surface area (Å²) in [6.07, 6.45) is 0. The van der Waals surface area contributed by atoms with Gasteiger partial charge in [-0.05, 0) is 0 Å². The van der Waals surface area contributed by atoms with Crippen LogP contribution in [0.3, 0.4) is 0 Å². The van der Waals surface area contributed by atoms with Crippen LogP contribution in [0.4, 0.5) is 0 Å². The van der Waals surface area contributed by atoms with Gasteiger partial charge in [0.25, 0.3) is 0 Å². The van der Waals surface area contributed by atoms with E-state index in [9.17, 15) is 0 Å². The van der Waals surface area contributed by atoms with E-state index in [-0.39, 0.29) is 271 Å². The minimum absolute atomic E-state index is 0. The molecule has 40 valence electrons. The third-order valence-electron chi connectivity index (χ3n) is 0. The summed E-state index contributed by atoms with van der Waals surface area (Å²) in [5.74, 6) is 0.